The van der Waals surface area contributed by atoms with Crippen LogP contribution in [0.3, 0.4) is 0 Å². The van der Waals surface area contributed by atoms with E-state index in [1.807, 2.05) is 17.5 Å². The minimum absolute atomic E-state index is 0.290. The van der Waals surface area contributed by atoms with Gasteiger partial charge in [0.05, 0.1) is 5.01 Å². The van der Waals surface area contributed by atoms with Crippen molar-refractivity contribution >= 4 is 11.3 Å². The summed E-state index contributed by atoms with van der Waals surface area (Å²) in [6, 6.07) is 0.471. The van der Waals surface area contributed by atoms with E-state index in [4.69, 9.17) is 5.11 Å². The molecule has 0 saturated heterocycles. The van der Waals surface area contributed by atoms with Gasteiger partial charge in [0, 0.05) is 36.2 Å². The van der Waals surface area contributed by atoms with Crippen LogP contribution in [-0.4, -0.2) is 22.7 Å². The molecular formula is C12H20N2OS. The smallest absolute Gasteiger partial charge is 0.0959 e. The van der Waals surface area contributed by atoms with Crippen LogP contribution in [0.25, 0.3) is 0 Å². The molecule has 1 aromatic rings. The van der Waals surface area contributed by atoms with E-state index in [1.165, 1.54) is 22.7 Å². The molecule has 0 aromatic carbocycles. The fourth-order valence-electron chi connectivity index (χ4n) is 1.70. The second kappa shape index (κ2) is 5.75. The Morgan fingerprint density at radius 3 is 3.12 bits per heavy atom. The van der Waals surface area contributed by atoms with Gasteiger partial charge < -0.3 is 10.4 Å². The van der Waals surface area contributed by atoms with E-state index >= 15 is 0 Å². The van der Waals surface area contributed by atoms with Gasteiger partial charge >= 0.3 is 0 Å². The first-order valence-electron chi connectivity index (χ1n) is 6.08. The third-order valence-electron chi connectivity index (χ3n) is 2.92. The van der Waals surface area contributed by atoms with E-state index in [2.05, 4.69) is 17.2 Å². The molecule has 0 bridgehead atoms. The maximum atomic E-state index is 8.74. The molecule has 1 aliphatic carbocycles. The monoisotopic (exact) mass is 240 g/mol. The highest BCUT2D eigenvalue weighted by Gasteiger charge is 2.26. The summed E-state index contributed by atoms with van der Waals surface area (Å²) in [5, 5.41) is 13.5. The highest BCUT2D eigenvalue weighted by Crippen LogP contribution is 2.41. The fourth-order valence-corrected chi connectivity index (χ4v) is 2.74. The molecule has 0 amide bonds. The fraction of sp³-hybridized carbons (Fsp3) is 0.750. The Bertz CT molecular complexity index is 323. The zero-order valence-corrected chi connectivity index (χ0v) is 10.6. The molecular weight excluding hydrogens is 220 g/mol. The summed E-state index contributed by atoms with van der Waals surface area (Å²) in [6.07, 6.45) is 6.57. The molecule has 1 atom stereocenters. The number of nitrogens with one attached hydrogen (secondary N) is 1. The maximum Gasteiger partial charge on any atom is 0.0959 e. The summed E-state index contributed by atoms with van der Waals surface area (Å²) in [5.74, 6) is 0.769. The minimum Gasteiger partial charge on any atom is -0.396 e. The third-order valence-corrected chi connectivity index (χ3v) is 4.08. The van der Waals surface area contributed by atoms with E-state index in [-0.39, 0.29) is 0 Å². The predicted molar refractivity (Wildman–Crippen MR) is 66.7 cm³/mol. The van der Waals surface area contributed by atoms with Crippen LogP contribution in [-0.2, 0) is 6.54 Å². The largest absolute Gasteiger partial charge is 0.396 e. The van der Waals surface area contributed by atoms with Crippen LogP contribution >= 0.6 is 11.3 Å². The van der Waals surface area contributed by atoms with Gasteiger partial charge in [0.1, 0.15) is 0 Å². The lowest BCUT2D eigenvalue weighted by atomic mass is 10.2. The minimum atomic E-state index is 0.290. The number of hydrogen-bond donors (Lipinski definition) is 2. The van der Waals surface area contributed by atoms with Gasteiger partial charge in [-0.2, -0.15) is 0 Å². The Labute approximate surface area is 101 Å². The van der Waals surface area contributed by atoms with Crippen molar-refractivity contribution < 1.29 is 5.11 Å². The predicted octanol–water partition coefficient (Wildman–Crippen LogP) is 2.27. The molecule has 1 heterocycles. The number of nitrogens with zero attached hydrogens (tertiary/aromatic N) is 1. The average molecular weight is 240 g/mol. The number of hydrogen-bond acceptors (Lipinski definition) is 4. The summed E-state index contributed by atoms with van der Waals surface area (Å²) in [4.78, 5) is 5.79. The number of aromatic nitrogens is 1. The first-order chi connectivity index (χ1) is 7.79. The summed E-state index contributed by atoms with van der Waals surface area (Å²) >= 11 is 1.85. The third kappa shape index (κ3) is 3.54. The van der Waals surface area contributed by atoms with Gasteiger partial charge in [-0.3, -0.25) is 0 Å². The van der Waals surface area contributed by atoms with E-state index < -0.39 is 0 Å². The molecule has 0 radical (unpaired) electrons. The molecule has 1 aromatic heterocycles. The highest BCUT2D eigenvalue weighted by atomic mass is 32.1. The molecule has 4 heteroatoms. The van der Waals surface area contributed by atoms with Crippen molar-refractivity contribution in [1.29, 1.82) is 0 Å². The molecule has 3 nitrogen and oxygen atoms in total. The molecule has 0 spiro atoms. The van der Waals surface area contributed by atoms with Crippen molar-refractivity contribution in [3.05, 3.63) is 16.1 Å². The molecule has 2 rings (SSSR count). The second-order valence-corrected chi connectivity index (χ2v) is 5.73. The van der Waals surface area contributed by atoms with Crippen molar-refractivity contribution in [2.45, 2.75) is 51.1 Å². The Hall–Kier alpha value is -0.450. The Kier molecular flexibility index (Phi) is 4.32. The van der Waals surface area contributed by atoms with E-state index in [0.717, 1.165) is 25.3 Å². The summed E-state index contributed by atoms with van der Waals surface area (Å²) in [7, 11) is 0. The summed E-state index contributed by atoms with van der Waals surface area (Å²) < 4.78 is 0. The topological polar surface area (TPSA) is 45.1 Å². The lowest BCUT2D eigenvalue weighted by Crippen LogP contribution is -2.25. The standard InChI is InChI=1S/C12H20N2OS/c1-9(3-2-6-15)13-7-11-8-14-12(16-11)10-4-5-10/h8-10,13,15H,2-7H2,1H3. The molecule has 90 valence electrons. The SMILES string of the molecule is CC(CCCO)NCc1cnc(C2CC2)s1. The molecule has 1 aliphatic rings. The quantitative estimate of drug-likeness (QED) is 0.768. The van der Waals surface area contributed by atoms with Gasteiger partial charge in [0.15, 0.2) is 0 Å². The average Bonchev–Trinajstić information content (AvgIpc) is 3.03. The molecule has 1 unspecified atom stereocenters. The number of aliphatic hydroxyl groups excluding tert-OH is 1. The normalized spacial score (nSPS) is 17.6. The highest BCUT2D eigenvalue weighted by molar-refractivity contribution is 7.11. The Morgan fingerprint density at radius 2 is 2.44 bits per heavy atom. The van der Waals surface area contributed by atoms with Crippen molar-refractivity contribution in [2.75, 3.05) is 6.61 Å². The van der Waals surface area contributed by atoms with Crippen LogP contribution in [0.5, 0.6) is 0 Å². The Balaban J connectivity index is 1.71. The number of rotatable bonds is 7. The second-order valence-electron chi connectivity index (χ2n) is 4.59. The van der Waals surface area contributed by atoms with Crippen molar-refractivity contribution in [1.82, 2.24) is 10.3 Å². The molecule has 1 fully saturated rings. The zero-order chi connectivity index (χ0) is 11.4. The van der Waals surface area contributed by atoms with Crippen LogP contribution in [0, 0.1) is 0 Å². The van der Waals surface area contributed by atoms with Gasteiger partial charge in [-0.05, 0) is 32.6 Å². The van der Waals surface area contributed by atoms with Crippen molar-refractivity contribution in [3.8, 4) is 0 Å². The van der Waals surface area contributed by atoms with Crippen LogP contribution in [0.2, 0.25) is 0 Å². The van der Waals surface area contributed by atoms with Gasteiger partial charge in [-0.15, -0.1) is 11.3 Å². The van der Waals surface area contributed by atoms with Crippen molar-refractivity contribution in [2.24, 2.45) is 0 Å². The maximum absolute atomic E-state index is 8.74. The lowest BCUT2D eigenvalue weighted by molar-refractivity contribution is 0.276. The molecule has 1 saturated carbocycles. The number of aliphatic hydroxyl groups is 1. The summed E-state index contributed by atoms with van der Waals surface area (Å²) in [6.45, 7) is 3.37. The van der Waals surface area contributed by atoms with Gasteiger partial charge in [0.25, 0.3) is 0 Å². The zero-order valence-electron chi connectivity index (χ0n) is 9.78. The van der Waals surface area contributed by atoms with E-state index in [0.29, 0.717) is 12.6 Å². The molecule has 0 aliphatic heterocycles. The lowest BCUT2D eigenvalue weighted by Gasteiger charge is -2.11. The van der Waals surface area contributed by atoms with Crippen LogP contribution < -0.4 is 5.32 Å². The first kappa shape index (κ1) is 12.0. The van der Waals surface area contributed by atoms with E-state index in [1.54, 1.807) is 0 Å². The first-order valence-corrected chi connectivity index (χ1v) is 6.90. The number of thiazole rings is 1. The molecule has 16 heavy (non-hydrogen) atoms. The van der Waals surface area contributed by atoms with Gasteiger partial charge in [-0.25, -0.2) is 4.98 Å². The summed E-state index contributed by atoms with van der Waals surface area (Å²) in [5.41, 5.74) is 0. The Morgan fingerprint density at radius 1 is 1.62 bits per heavy atom. The van der Waals surface area contributed by atoms with Crippen LogP contribution in [0.4, 0.5) is 0 Å². The van der Waals surface area contributed by atoms with Crippen LogP contribution in [0.1, 0.15) is 48.4 Å². The molecule has 2 N–H and O–H groups in total. The van der Waals surface area contributed by atoms with Crippen molar-refractivity contribution in [3.63, 3.8) is 0 Å². The van der Waals surface area contributed by atoms with Crippen LogP contribution in [0.15, 0.2) is 6.20 Å². The van der Waals surface area contributed by atoms with Gasteiger partial charge in [-0.1, -0.05) is 0 Å². The van der Waals surface area contributed by atoms with Gasteiger partial charge in [0.2, 0.25) is 0 Å². The van der Waals surface area contributed by atoms with E-state index in [9.17, 15) is 0 Å².